The zero-order chi connectivity index (χ0) is 11.4. The molecule has 1 aliphatic heterocycles. The smallest absolute Gasteiger partial charge is 0.0618 e. The first-order chi connectivity index (χ1) is 7.81. The van der Waals surface area contributed by atoms with Crippen LogP contribution in [0, 0.1) is 5.92 Å². The van der Waals surface area contributed by atoms with Crippen LogP contribution < -0.4 is 5.32 Å². The summed E-state index contributed by atoms with van der Waals surface area (Å²) in [5.41, 5.74) is 1.11. The highest BCUT2D eigenvalue weighted by molar-refractivity contribution is 9.10. The molecule has 0 spiro atoms. The number of hydrogen-bond acceptors (Lipinski definition) is 3. The molecular formula is C12H17BrN2O. The number of halogens is 1. The van der Waals surface area contributed by atoms with Crippen LogP contribution in [0.1, 0.15) is 19.8 Å². The van der Waals surface area contributed by atoms with Gasteiger partial charge in [0.15, 0.2) is 0 Å². The summed E-state index contributed by atoms with van der Waals surface area (Å²) in [5.74, 6) is 0.630. The van der Waals surface area contributed by atoms with Crippen molar-refractivity contribution in [1.82, 2.24) is 4.98 Å². The molecule has 0 bridgehead atoms. The minimum absolute atomic E-state index is 0.424. The predicted molar refractivity (Wildman–Crippen MR) is 68.6 cm³/mol. The Bertz CT molecular complexity index is 346. The number of anilines is 1. The molecule has 2 unspecified atom stereocenters. The van der Waals surface area contributed by atoms with E-state index in [-0.39, 0.29) is 0 Å². The van der Waals surface area contributed by atoms with Crippen LogP contribution in [0.3, 0.4) is 0 Å². The van der Waals surface area contributed by atoms with E-state index in [4.69, 9.17) is 4.74 Å². The average Bonchev–Trinajstić information content (AvgIpc) is 2.75. The fourth-order valence-corrected chi connectivity index (χ4v) is 2.53. The van der Waals surface area contributed by atoms with Crippen molar-refractivity contribution in [3.8, 4) is 0 Å². The van der Waals surface area contributed by atoms with Gasteiger partial charge in [-0.1, -0.05) is 6.92 Å². The van der Waals surface area contributed by atoms with Crippen molar-refractivity contribution in [3.63, 3.8) is 0 Å². The van der Waals surface area contributed by atoms with Crippen LogP contribution in [0.15, 0.2) is 22.9 Å². The van der Waals surface area contributed by atoms with Crippen LogP contribution >= 0.6 is 15.9 Å². The average molecular weight is 285 g/mol. The van der Waals surface area contributed by atoms with Gasteiger partial charge in [-0.25, -0.2) is 0 Å². The largest absolute Gasteiger partial charge is 0.384 e. The maximum absolute atomic E-state index is 5.67. The van der Waals surface area contributed by atoms with Gasteiger partial charge in [-0.05, 0) is 34.8 Å². The number of hydrogen-bond donors (Lipinski definition) is 1. The zero-order valence-electron chi connectivity index (χ0n) is 9.45. The molecule has 2 heterocycles. The zero-order valence-corrected chi connectivity index (χ0v) is 11.0. The molecule has 16 heavy (non-hydrogen) atoms. The topological polar surface area (TPSA) is 34.1 Å². The summed E-state index contributed by atoms with van der Waals surface area (Å²) < 4.78 is 6.69. The van der Waals surface area contributed by atoms with Crippen molar-refractivity contribution < 1.29 is 4.74 Å². The summed E-state index contributed by atoms with van der Waals surface area (Å²) in [7, 11) is 0. The minimum Gasteiger partial charge on any atom is -0.384 e. The molecule has 1 aromatic rings. The second kappa shape index (κ2) is 5.64. The lowest BCUT2D eigenvalue weighted by Crippen LogP contribution is -2.22. The van der Waals surface area contributed by atoms with E-state index in [1.807, 2.05) is 12.3 Å². The van der Waals surface area contributed by atoms with Gasteiger partial charge in [-0.2, -0.15) is 0 Å². The second-order valence-corrected chi connectivity index (χ2v) is 4.96. The third-order valence-corrected chi connectivity index (χ3v) is 3.71. The van der Waals surface area contributed by atoms with E-state index < -0.39 is 0 Å². The number of rotatable bonds is 4. The number of nitrogens with zero attached hydrogens (tertiary/aromatic N) is 1. The summed E-state index contributed by atoms with van der Waals surface area (Å²) in [4.78, 5) is 4.04. The van der Waals surface area contributed by atoms with Gasteiger partial charge in [-0.15, -0.1) is 0 Å². The van der Waals surface area contributed by atoms with Gasteiger partial charge >= 0.3 is 0 Å². The Morgan fingerprint density at radius 1 is 1.62 bits per heavy atom. The van der Waals surface area contributed by atoms with Gasteiger partial charge in [0.25, 0.3) is 0 Å². The first-order valence-corrected chi connectivity index (χ1v) is 6.55. The lowest BCUT2D eigenvalue weighted by atomic mass is 10.00. The highest BCUT2D eigenvalue weighted by Gasteiger charge is 2.26. The molecule has 0 aromatic carbocycles. The molecular weight excluding hydrogens is 268 g/mol. The molecule has 1 aliphatic rings. The number of ether oxygens (including phenoxy) is 1. The maximum atomic E-state index is 5.67. The Morgan fingerprint density at radius 3 is 3.25 bits per heavy atom. The summed E-state index contributed by atoms with van der Waals surface area (Å²) in [6.07, 6.45) is 6.30. The van der Waals surface area contributed by atoms with E-state index in [0.29, 0.717) is 12.0 Å². The van der Waals surface area contributed by atoms with Crippen LogP contribution in [-0.2, 0) is 4.74 Å². The summed E-state index contributed by atoms with van der Waals surface area (Å²) in [6, 6.07) is 1.99. The van der Waals surface area contributed by atoms with E-state index in [9.17, 15) is 0 Å². The fourth-order valence-electron chi connectivity index (χ4n) is 2.14. The molecule has 0 amide bonds. The van der Waals surface area contributed by atoms with Crippen molar-refractivity contribution in [1.29, 1.82) is 0 Å². The number of aromatic nitrogens is 1. The molecule has 0 saturated carbocycles. The van der Waals surface area contributed by atoms with Gasteiger partial charge in [-0.3, -0.25) is 4.98 Å². The predicted octanol–water partition coefficient (Wildman–Crippen LogP) is 3.07. The molecule has 88 valence electrons. The molecule has 0 radical (unpaired) electrons. The molecule has 1 fully saturated rings. The Balaban J connectivity index is 1.90. The minimum atomic E-state index is 0.424. The summed E-state index contributed by atoms with van der Waals surface area (Å²) in [5, 5.41) is 3.45. The van der Waals surface area contributed by atoms with Crippen LogP contribution in [-0.4, -0.2) is 24.2 Å². The molecule has 1 N–H and O–H groups in total. The first-order valence-electron chi connectivity index (χ1n) is 5.76. The van der Waals surface area contributed by atoms with Crippen LogP contribution in [0.25, 0.3) is 0 Å². The Morgan fingerprint density at radius 2 is 2.50 bits per heavy atom. The van der Waals surface area contributed by atoms with Crippen LogP contribution in [0.4, 0.5) is 5.69 Å². The fraction of sp³-hybridized carbons (Fsp3) is 0.583. The second-order valence-electron chi connectivity index (χ2n) is 4.10. The van der Waals surface area contributed by atoms with Gasteiger partial charge in [0.2, 0.25) is 0 Å². The molecule has 0 aliphatic carbocycles. The lowest BCUT2D eigenvalue weighted by Gasteiger charge is -2.18. The van der Waals surface area contributed by atoms with E-state index in [2.05, 4.69) is 33.2 Å². The standard InChI is InChI=1S/C12H17BrN2O/c1-2-12-9(4-6-16-12)7-15-11-3-5-14-8-10(11)13/h3,5,8-9,12H,2,4,6-7H2,1H3,(H,14,15). The first kappa shape index (κ1) is 11.9. The summed E-state index contributed by atoms with van der Waals surface area (Å²) >= 11 is 3.48. The van der Waals surface area contributed by atoms with Crippen molar-refractivity contribution in [2.24, 2.45) is 5.92 Å². The van der Waals surface area contributed by atoms with Gasteiger partial charge in [0.1, 0.15) is 0 Å². The van der Waals surface area contributed by atoms with Crippen molar-refractivity contribution in [3.05, 3.63) is 22.9 Å². The van der Waals surface area contributed by atoms with Crippen molar-refractivity contribution >= 4 is 21.6 Å². The molecule has 1 aromatic heterocycles. The van der Waals surface area contributed by atoms with Crippen LogP contribution in [0.2, 0.25) is 0 Å². The molecule has 3 nitrogen and oxygen atoms in total. The third-order valence-electron chi connectivity index (χ3n) is 3.08. The SMILES string of the molecule is CCC1OCCC1CNc1ccncc1Br. The normalized spacial score (nSPS) is 24.6. The summed E-state index contributed by atoms with van der Waals surface area (Å²) in [6.45, 7) is 4.06. The van der Waals surface area contributed by atoms with E-state index in [1.165, 1.54) is 0 Å². The molecule has 1 saturated heterocycles. The molecule has 2 rings (SSSR count). The van der Waals surface area contributed by atoms with Gasteiger partial charge in [0, 0.05) is 31.5 Å². The number of pyridine rings is 1. The van der Waals surface area contributed by atoms with Crippen molar-refractivity contribution in [2.75, 3.05) is 18.5 Å². The maximum Gasteiger partial charge on any atom is 0.0618 e. The van der Waals surface area contributed by atoms with Crippen LogP contribution in [0.5, 0.6) is 0 Å². The van der Waals surface area contributed by atoms with E-state index >= 15 is 0 Å². The van der Waals surface area contributed by atoms with Gasteiger partial charge in [0.05, 0.1) is 16.3 Å². The number of nitrogens with one attached hydrogen (secondary N) is 1. The Hall–Kier alpha value is -0.610. The molecule has 2 atom stereocenters. The highest BCUT2D eigenvalue weighted by atomic mass is 79.9. The van der Waals surface area contributed by atoms with E-state index in [1.54, 1.807) is 6.20 Å². The quantitative estimate of drug-likeness (QED) is 0.923. The lowest BCUT2D eigenvalue weighted by molar-refractivity contribution is 0.0900. The van der Waals surface area contributed by atoms with Crippen molar-refractivity contribution in [2.45, 2.75) is 25.9 Å². The van der Waals surface area contributed by atoms with Gasteiger partial charge < -0.3 is 10.1 Å². The molecule has 4 heteroatoms. The third kappa shape index (κ3) is 2.74. The Kier molecular flexibility index (Phi) is 4.18. The monoisotopic (exact) mass is 284 g/mol. The Labute approximate surface area is 105 Å². The van der Waals surface area contributed by atoms with E-state index in [0.717, 1.165) is 36.2 Å². The highest BCUT2D eigenvalue weighted by Crippen LogP contribution is 2.25.